The highest BCUT2D eigenvalue weighted by Crippen LogP contribution is 2.43. The van der Waals surface area contributed by atoms with Crippen molar-refractivity contribution in [2.75, 3.05) is 20.8 Å². The van der Waals surface area contributed by atoms with Crippen LogP contribution in [0.15, 0.2) is 36.8 Å². The number of esters is 1. The van der Waals surface area contributed by atoms with Gasteiger partial charge in [-0.3, -0.25) is 4.79 Å². The first-order valence-corrected chi connectivity index (χ1v) is 11.4. The molecule has 2 unspecified atom stereocenters. The normalized spacial score (nSPS) is 17.7. The number of ether oxygens (including phenoxy) is 2. The Labute approximate surface area is 191 Å². The highest BCUT2D eigenvalue weighted by molar-refractivity contribution is 5.70. The fourth-order valence-electron chi connectivity index (χ4n) is 4.71. The van der Waals surface area contributed by atoms with E-state index in [2.05, 4.69) is 38.6 Å². The Morgan fingerprint density at radius 2 is 1.91 bits per heavy atom. The number of benzene rings is 1. The maximum atomic E-state index is 12.4. The number of hydrogen-bond donors (Lipinski definition) is 1. The fraction of sp³-hybridized carbons (Fsp3) is 0.560. The Hall–Kier alpha value is -2.51. The molecule has 7 nitrogen and oxygen atoms in total. The van der Waals surface area contributed by atoms with Gasteiger partial charge in [0.25, 0.3) is 0 Å². The summed E-state index contributed by atoms with van der Waals surface area (Å²) in [7, 11) is 3.25. The summed E-state index contributed by atoms with van der Waals surface area (Å²) >= 11 is 0. The Kier molecular flexibility index (Phi) is 11.1. The van der Waals surface area contributed by atoms with Crippen LogP contribution in [0, 0.1) is 5.92 Å². The topological polar surface area (TPSA) is 96.4 Å². The molecule has 176 valence electrons. The first-order valence-electron chi connectivity index (χ1n) is 11.4. The lowest BCUT2D eigenvalue weighted by Gasteiger charge is -2.32. The van der Waals surface area contributed by atoms with Crippen molar-refractivity contribution in [3.05, 3.63) is 42.4 Å². The van der Waals surface area contributed by atoms with Gasteiger partial charge < -0.3 is 24.6 Å². The lowest BCUT2D eigenvalue weighted by atomic mass is 9.82. The Bertz CT molecular complexity index is 817. The lowest BCUT2D eigenvalue weighted by molar-refractivity contribution is -0.153. The van der Waals surface area contributed by atoms with Crippen LogP contribution in [-0.4, -0.2) is 49.2 Å². The number of imidazole rings is 1. The highest BCUT2D eigenvalue weighted by atomic mass is 16.5. The molecular formula is C25H37N3O4. The number of nitrogens with two attached hydrogens (primary N) is 1. The number of rotatable bonds is 7. The van der Waals surface area contributed by atoms with Crippen LogP contribution in [0.4, 0.5) is 0 Å². The lowest BCUT2D eigenvalue weighted by Crippen LogP contribution is -2.31. The van der Waals surface area contributed by atoms with Crippen LogP contribution in [0.2, 0.25) is 0 Å². The molecule has 1 aliphatic heterocycles. The molecule has 2 N–H and O–H groups in total. The van der Waals surface area contributed by atoms with E-state index in [-0.39, 0.29) is 18.1 Å². The second-order valence-electron chi connectivity index (χ2n) is 8.25. The zero-order chi connectivity index (χ0) is 23.3. The van der Waals surface area contributed by atoms with Crippen LogP contribution in [0.3, 0.4) is 0 Å². The van der Waals surface area contributed by atoms with E-state index in [0.717, 1.165) is 25.0 Å². The van der Waals surface area contributed by atoms with Crippen LogP contribution >= 0.6 is 0 Å². The molecule has 1 aromatic carbocycles. The van der Waals surface area contributed by atoms with E-state index in [0.29, 0.717) is 25.3 Å². The number of nitrogens with zero attached hydrogens (tertiary/aromatic N) is 2. The molecule has 1 aromatic heterocycles. The summed E-state index contributed by atoms with van der Waals surface area (Å²) in [5.74, 6) is 0.355. The van der Waals surface area contributed by atoms with Crippen molar-refractivity contribution < 1.29 is 19.1 Å². The average molecular weight is 444 g/mol. The first kappa shape index (κ1) is 25.7. The number of fused-ring (bicyclic) bond motifs is 3. The predicted molar refractivity (Wildman–Crippen MR) is 125 cm³/mol. The predicted octanol–water partition coefficient (Wildman–Crippen LogP) is 4.15. The third-order valence-corrected chi connectivity index (χ3v) is 6.10. The quantitative estimate of drug-likeness (QED) is 0.646. The molecule has 0 saturated heterocycles. The minimum Gasteiger partial charge on any atom is -0.462 e. The third kappa shape index (κ3) is 6.50. The van der Waals surface area contributed by atoms with Crippen LogP contribution in [-0.2, 0) is 19.1 Å². The van der Waals surface area contributed by atoms with Gasteiger partial charge in [0, 0.05) is 32.6 Å². The number of carbonyl (C=O) groups excluding carboxylic acids is 2. The van der Waals surface area contributed by atoms with Gasteiger partial charge in [0.15, 0.2) is 0 Å². The van der Waals surface area contributed by atoms with Gasteiger partial charge in [-0.2, -0.15) is 0 Å². The Balaban J connectivity index is 0.000000671. The fourth-order valence-corrected chi connectivity index (χ4v) is 4.71. The van der Waals surface area contributed by atoms with Gasteiger partial charge >= 0.3 is 5.97 Å². The van der Waals surface area contributed by atoms with Crippen LogP contribution < -0.4 is 5.73 Å². The van der Waals surface area contributed by atoms with Crippen molar-refractivity contribution in [1.29, 1.82) is 0 Å². The van der Waals surface area contributed by atoms with Gasteiger partial charge in [-0.25, -0.2) is 4.98 Å². The van der Waals surface area contributed by atoms with Crippen LogP contribution in [0.25, 0.3) is 11.3 Å². The van der Waals surface area contributed by atoms with E-state index in [9.17, 15) is 4.79 Å². The molecule has 32 heavy (non-hydrogen) atoms. The molecular weight excluding hydrogens is 406 g/mol. The van der Waals surface area contributed by atoms with E-state index >= 15 is 0 Å². The van der Waals surface area contributed by atoms with Gasteiger partial charge in [-0.05, 0) is 37.3 Å². The molecule has 2 atom stereocenters. The zero-order valence-corrected chi connectivity index (χ0v) is 19.4. The number of hydrogen-bond acceptors (Lipinski definition) is 6. The van der Waals surface area contributed by atoms with Crippen molar-refractivity contribution in [2.45, 2.75) is 63.5 Å². The Morgan fingerprint density at radius 3 is 2.59 bits per heavy atom. The summed E-state index contributed by atoms with van der Waals surface area (Å²) in [5, 5.41) is 0. The third-order valence-electron chi connectivity index (χ3n) is 6.10. The van der Waals surface area contributed by atoms with Crippen molar-refractivity contribution in [2.24, 2.45) is 11.7 Å². The summed E-state index contributed by atoms with van der Waals surface area (Å²) in [6.07, 6.45) is 11.8. The van der Waals surface area contributed by atoms with Crippen molar-refractivity contribution in [3.8, 4) is 11.3 Å². The number of methoxy groups -OCH3 is 1. The first-order chi connectivity index (χ1) is 15.7. The standard InChI is InChI=1S/C22H29N3O2.C2H6O.CH2O/c23-12-6-11-22(26)27-21(16-7-2-1-3-8-16)13-19-17-9-4-5-10-18(17)20-14-24-15-25(19)20;1-3-2;1-2/h4-5,9-10,14-16,19,21H,1-3,6-8,11-13,23H2;1-2H3;1H2. The second kappa shape index (κ2) is 13.8. The van der Waals surface area contributed by atoms with E-state index < -0.39 is 0 Å². The monoisotopic (exact) mass is 443 g/mol. The summed E-state index contributed by atoms with van der Waals surface area (Å²) in [4.78, 5) is 24.7. The summed E-state index contributed by atoms with van der Waals surface area (Å²) in [5.41, 5.74) is 9.28. The summed E-state index contributed by atoms with van der Waals surface area (Å²) < 4.78 is 12.5. The molecule has 2 aliphatic rings. The second-order valence-corrected chi connectivity index (χ2v) is 8.25. The summed E-state index contributed by atoms with van der Waals surface area (Å²) in [6, 6.07) is 8.71. The molecule has 0 amide bonds. The van der Waals surface area contributed by atoms with E-state index in [1.807, 2.05) is 19.3 Å². The molecule has 4 rings (SSSR count). The van der Waals surface area contributed by atoms with Crippen molar-refractivity contribution >= 4 is 12.8 Å². The van der Waals surface area contributed by atoms with Gasteiger partial charge in [0.1, 0.15) is 12.9 Å². The number of carbonyl (C=O) groups is 2. The molecule has 0 spiro atoms. The maximum Gasteiger partial charge on any atom is 0.306 e. The molecule has 1 fully saturated rings. The van der Waals surface area contributed by atoms with Gasteiger partial charge in [0.2, 0.25) is 0 Å². The molecule has 0 bridgehead atoms. The molecule has 2 aromatic rings. The number of aromatic nitrogens is 2. The van der Waals surface area contributed by atoms with Gasteiger partial charge in [-0.15, -0.1) is 0 Å². The molecule has 1 saturated carbocycles. The van der Waals surface area contributed by atoms with Gasteiger partial charge in [0.05, 0.1) is 24.3 Å². The minimum absolute atomic E-state index is 0.0398. The van der Waals surface area contributed by atoms with E-state index in [1.54, 1.807) is 14.2 Å². The maximum absolute atomic E-state index is 12.4. The average Bonchev–Trinajstić information content (AvgIpc) is 3.42. The van der Waals surface area contributed by atoms with Gasteiger partial charge in [-0.1, -0.05) is 43.5 Å². The molecule has 2 heterocycles. The van der Waals surface area contributed by atoms with Crippen molar-refractivity contribution in [1.82, 2.24) is 9.55 Å². The van der Waals surface area contributed by atoms with E-state index in [4.69, 9.17) is 15.3 Å². The van der Waals surface area contributed by atoms with Crippen LogP contribution in [0.5, 0.6) is 0 Å². The molecule has 1 aliphatic carbocycles. The van der Waals surface area contributed by atoms with Crippen LogP contribution in [0.1, 0.15) is 63.0 Å². The molecule has 7 heteroatoms. The Morgan fingerprint density at radius 1 is 1.22 bits per heavy atom. The summed E-state index contributed by atoms with van der Waals surface area (Å²) in [6.45, 7) is 2.53. The molecule has 0 radical (unpaired) electrons. The smallest absolute Gasteiger partial charge is 0.306 e. The SMILES string of the molecule is C=O.COC.NCCCC(=O)OC(CC1c2ccccc2-c2cncn21)C1CCCCC1. The minimum atomic E-state index is -0.104. The van der Waals surface area contributed by atoms with E-state index in [1.165, 1.54) is 30.4 Å². The van der Waals surface area contributed by atoms with Crippen molar-refractivity contribution in [3.63, 3.8) is 0 Å². The largest absolute Gasteiger partial charge is 0.462 e. The highest BCUT2D eigenvalue weighted by Gasteiger charge is 2.35. The zero-order valence-electron chi connectivity index (χ0n) is 19.4.